The van der Waals surface area contributed by atoms with Crippen LogP contribution in [0.1, 0.15) is 49.3 Å². The van der Waals surface area contributed by atoms with Crippen LogP contribution in [0.5, 0.6) is 5.75 Å². The SMILES string of the molecule is CCCOc1ccc(C2CC(=O)C3=C(C2)Nc2ccccc2NC3c2ccccc2[N+](=O)[O-])cc1. The third-order valence-electron chi connectivity index (χ3n) is 6.58. The first-order valence-corrected chi connectivity index (χ1v) is 11.9. The average Bonchev–Trinajstić information content (AvgIpc) is 3.04. The zero-order valence-electron chi connectivity index (χ0n) is 19.5. The molecule has 0 bridgehead atoms. The van der Waals surface area contributed by atoms with E-state index in [1.54, 1.807) is 18.2 Å². The summed E-state index contributed by atoms with van der Waals surface area (Å²) in [7, 11) is 0. The zero-order valence-corrected chi connectivity index (χ0v) is 19.5. The molecule has 2 N–H and O–H groups in total. The highest BCUT2D eigenvalue weighted by Gasteiger charge is 2.38. The van der Waals surface area contributed by atoms with Crippen LogP contribution in [0.4, 0.5) is 17.1 Å². The van der Waals surface area contributed by atoms with E-state index in [2.05, 4.69) is 17.6 Å². The van der Waals surface area contributed by atoms with Gasteiger partial charge in [0.05, 0.1) is 34.5 Å². The van der Waals surface area contributed by atoms with Crippen LogP contribution in [0.25, 0.3) is 0 Å². The number of nitrogens with zero attached hydrogens (tertiary/aromatic N) is 1. The number of nitrogens with one attached hydrogen (secondary N) is 2. The molecule has 2 unspecified atom stereocenters. The van der Waals surface area contributed by atoms with Gasteiger partial charge in [0.15, 0.2) is 5.78 Å². The van der Waals surface area contributed by atoms with Gasteiger partial charge in [0, 0.05) is 23.8 Å². The number of carbonyl (C=O) groups excluding carboxylic acids is 1. The monoisotopic (exact) mass is 469 g/mol. The summed E-state index contributed by atoms with van der Waals surface area (Å²) in [5.41, 5.74) is 4.56. The van der Waals surface area contributed by atoms with Gasteiger partial charge in [-0.1, -0.05) is 43.3 Å². The molecule has 3 aromatic rings. The van der Waals surface area contributed by atoms with Crippen molar-refractivity contribution in [3.05, 3.63) is 105 Å². The Bertz CT molecular complexity index is 1300. The number of nitro groups is 1. The highest BCUT2D eigenvalue weighted by Crippen LogP contribution is 2.45. The molecule has 0 amide bonds. The van der Waals surface area contributed by atoms with Crippen LogP contribution >= 0.6 is 0 Å². The lowest BCUT2D eigenvalue weighted by Gasteiger charge is -2.29. The summed E-state index contributed by atoms with van der Waals surface area (Å²) in [6, 6.07) is 21.6. The summed E-state index contributed by atoms with van der Waals surface area (Å²) in [4.78, 5) is 25.1. The molecule has 1 heterocycles. The minimum absolute atomic E-state index is 0.00523. The van der Waals surface area contributed by atoms with Gasteiger partial charge in [-0.15, -0.1) is 0 Å². The maximum Gasteiger partial charge on any atom is 0.275 e. The smallest absolute Gasteiger partial charge is 0.275 e. The van der Waals surface area contributed by atoms with Crippen LogP contribution in [0, 0.1) is 10.1 Å². The van der Waals surface area contributed by atoms with Crippen molar-refractivity contribution in [2.24, 2.45) is 0 Å². The summed E-state index contributed by atoms with van der Waals surface area (Å²) in [5, 5.41) is 18.7. The molecule has 0 aromatic heterocycles. The van der Waals surface area contributed by atoms with Gasteiger partial charge < -0.3 is 15.4 Å². The quantitative estimate of drug-likeness (QED) is 0.322. The minimum Gasteiger partial charge on any atom is -0.494 e. The number of para-hydroxylation sites is 3. The fourth-order valence-corrected chi connectivity index (χ4v) is 4.92. The lowest BCUT2D eigenvalue weighted by molar-refractivity contribution is -0.385. The van der Waals surface area contributed by atoms with Crippen LogP contribution in [0.3, 0.4) is 0 Å². The maximum atomic E-state index is 13.7. The van der Waals surface area contributed by atoms with Crippen molar-refractivity contribution >= 4 is 22.8 Å². The first-order chi connectivity index (χ1) is 17.0. The molecule has 0 saturated carbocycles. The molecular formula is C28H27N3O4. The Balaban J connectivity index is 1.55. The number of benzene rings is 3. The second-order valence-electron chi connectivity index (χ2n) is 8.90. The molecule has 35 heavy (non-hydrogen) atoms. The van der Waals surface area contributed by atoms with E-state index in [1.807, 2.05) is 48.5 Å². The maximum absolute atomic E-state index is 13.7. The number of hydrogen-bond acceptors (Lipinski definition) is 6. The summed E-state index contributed by atoms with van der Waals surface area (Å²) in [5.74, 6) is 0.809. The van der Waals surface area contributed by atoms with Crippen molar-refractivity contribution in [3.63, 3.8) is 0 Å². The van der Waals surface area contributed by atoms with E-state index in [-0.39, 0.29) is 22.3 Å². The van der Waals surface area contributed by atoms with E-state index in [0.29, 0.717) is 30.6 Å². The molecule has 7 heteroatoms. The van der Waals surface area contributed by atoms with E-state index in [4.69, 9.17) is 4.74 Å². The topological polar surface area (TPSA) is 93.5 Å². The van der Waals surface area contributed by atoms with Crippen molar-refractivity contribution in [2.75, 3.05) is 17.2 Å². The van der Waals surface area contributed by atoms with Crippen molar-refractivity contribution < 1.29 is 14.5 Å². The second kappa shape index (κ2) is 9.62. The second-order valence-corrected chi connectivity index (χ2v) is 8.90. The number of nitro benzene ring substituents is 1. The van der Waals surface area contributed by atoms with E-state index < -0.39 is 6.04 Å². The molecular weight excluding hydrogens is 442 g/mol. The number of Topliss-reactive ketones (excluding diaryl/α,β-unsaturated/α-hetero) is 1. The molecule has 5 rings (SSSR count). The van der Waals surface area contributed by atoms with Gasteiger partial charge >= 0.3 is 0 Å². The molecule has 0 radical (unpaired) electrons. The Kier molecular flexibility index (Phi) is 6.23. The number of ether oxygens (including phenoxy) is 1. The molecule has 2 aliphatic rings. The lowest BCUT2D eigenvalue weighted by Crippen LogP contribution is -2.27. The Morgan fingerprint density at radius 3 is 2.43 bits per heavy atom. The Labute approximate surface area is 204 Å². The number of ketones is 1. The van der Waals surface area contributed by atoms with Crippen LogP contribution < -0.4 is 15.4 Å². The van der Waals surface area contributed by atoms with E-state index in [0.717, 1.165) is 34.8 Å². The molecule has 178 valence electrons. The highest BCUT2D eigenvalue weighted by molar-refractivity contribution is 6.01. The molecule has 1 aliphatic carbocycles. The van der Waals surface area contributed by atoms with Gasteiger partial charge in [-0.05, 0) is 54.7 Å². The number of anilines is 2. The molecule has 0 saturated heterocycles. The molecule has 7 nitrogen and oxygen atoms in total. The Hall–Kier alpha value is -4.13. The lowest BCUT2D eigenvalue weighted by atomic mass is 9.78. The molecule has 1 aliphatic heterocycles. The summed E-state index contributed by atoms with van der Waals surface area (Å²) < 4.78 is 5.70. The van der Waals surface area contributed by atoms with Gasteiger partial charge in [-0.3, -0.25) is 14.9 Å². The number of carbonyl (C=O) groups is 1. The fraction of sp³-hybridized carbons (Fsp3) is 0.250. The molecule has 3 aromatic carbocycles. The third kappa shape index (κ3) is 4.49. The standard InChI is InChI=1S/C28H27N3O4/c1-2-15-35-20-13-11-18(12-14-20)19-16-24-27(26(32)17-19)28(21-7-3-6-10-25(21)31(33)34)30-23-9-5-4-8-22(23)29-24/h3-14,19,28-30H,2,15-17H2,1H3. The predicted molar refractivity (Wildman–Crippen MR) is 136 cm³/mol. The minimum atomic E-state index is -0.624. The van der Waals surface area contributed by atoms with Crippen LogP contribution in [0.15, 0.2) is 84.1 Å². The normalized spacial score (nSPS) is 19.1. The van der Waals surface area contributed by atoms with Crippen molar-refractivity contribution in [3.8, 4) is 5.75 Å². The third-order valence-corrected chi connectivity index (χ3v) is 6.58. The molecule has 2 atom stereocenters. The number of fused-ring (bicyclic) bond motifs is 1. The van der Waals surface area contributed by atoms with Gasteiger partial charge in [0.2, 0.25) is 0 Å². The van der Waals surface area contributed by atoms with Crippen LogP contribution in [0.2, 0.25) is 0 Å². The van der Waals surface area contributed by atoms with Crippen molar-refractivity contribution in [1.29, 1.82) is 0 Å². The van der Waals surface area contributed by atoms with Gasteiger partial charge in [0.1, 0.15) is 5.75 Å². The van der Waals surface area contributed by atoms with Gasteiger partial charge in [-0.25, -0.2) is 0 Å². The van der Waals surface area contributed by atoms with E-state index >= 15 is 0 Å². The zero-order chi connectivity index (χ0) is 24.4. The van der Waals surface area contributed by atoms with E-state index in [1.165, 1.54) is 6.07 Å². The van der Waals surface area contributed by atoms with Crippen LogP contribution in [-0.4, -0.2) is 17.3 Å². The Morgan fingerprint density at radius 1 is 0.971 bits per heavy atom. The number of rotatable bonds is 6. The largest absolute Gasteiger partial charge is 0.494 e. The molecule has 0 fully saturated rings. The first-order valence-electron chi connectivity index (χ1n) is 11.9. The highest BCUT2D eigenvalue weighted by atomic mass is 16.6. The summed E-state index contributed by atoms with van der Waals surface area (Å²) >= 11 is 0. The summed E-state index contributed by atoms with van der Waals surface area (Å²) in [6.45, 7) is 2.73. The summed E-state index contributed by atoms with van der Waals surface area (Å²) in [6.07, 6.45) is 1.91. The predicted octanol–water partition coefficient (Wildman–Crippen LogP) is 6.36. The van der Waals surface area contributed by atoms with Gasteiger partial charge in [0.25, 0.3) is 5.69 Å². The van der Waals surface area contributed by atoms with Gasteiger partial charge in [-0.2, -0.15) is 0 Å². The van der Waals surface area contributed by atoms with Crippen LogP contribution in [-0.2, 0) is 4.79 Å². The van der Waals surface area contributed by atoms with Crippen molar-refractivity contribution in [2.45, 2.75) is 38.1 Å². The first kappa shape index (κ1) is 22.7. The van der Waals surface area contributed by atoms with Crippen molar-refractivity contribution in [1.82, 2.24) is 0 Å². The average molecular weight is 470 g/mol. The number of allylic oxidation sites excluding steroid dienone is 1. The molecule has 0 spiro atoms. The fourth-order valence-electron chi connectivity index (χ4n) is 4.92. The Morgan fingerprint density at radius 2 is 1.69 bits per heavy atom. The number of hydrogen-bond donors (Lipinski definition) is 2. The van der Waals surface area contributed by atoms with E-state index in [9.17, 15) is 14.9 Å².